The number of hydrogen-bond acceptors (Lipinski definition) is 2. The number of nitrogen functional groups attached to an aromatic ring is 1. The summed E-state index contributed by atoms with van der Waals surface area (Å²) in [7, 11) is 0. The van der Waals surface area contributed by atoms with Gasteiger partial charge in [0, 0.05) is 18.3 Å². The van der Waals surface area contributed by atoms with Gasteiger partial charge in [0.25, 0.3) is 0 Å². The molecule has 1 fully saturated rings. The van der Waals surface area contributed by atoms with Crippen LogP contribution in [0.1, 0.15) is 51.0 Å². The molecule has 0 radical (unpaired) electrons. The molecule has 0 bridgehead atoms. The molecule has 2 heteroatoms. The van der Waals surface area contributed by atoms with Crippen LogP contribution in [0.3, 0.4) is 0 Å². The summed E-state index contributed by atoms with van der Waals surface area (Å²) in [6, 6.07) is 9.11. The number of anilines is 1. The number of benzene rings is 1. The summed E-state index contributed by atoms with van der Waals surface area (Å²) in [5.41, 5.74) is 8.27. The van der Waals surface area contributed by atoms with Gasteiger partial charge in [-0.2, -0.15) is 0 Å². The lowest BCUT2D eigenvalue weighted by molar-refractivity contribution is 0.249. The Morgan fingerprint density at radius 3 is 2.61 bits per heavy atom. The first kappa shape index (κ1) is 13.4. The highest BCUT2D eigenvalue weighted by Crippen LogP contribution is 2.29. The van der Waals surface area contributed by atoms with E-state index < -0.39 is 0 Å². The Morgan fingerprint density at radius 1 is 1.17 bits per heavy atom. The molecule has 0 aliphatic heterocycles. The predicted octanol–water partition coefficient (Wildman–Crippen LogP) is 3.81. The Balaban J connectivity index is 1.84. The first-order chi connectivity index (χ1) is 8.81. The standard InChI is InChI=1S/C16H26N2/c1-2-3-4-7-12-18(15-10-11-15)13-14-8-5-6-9-16(14)17/h5-6,8-9,15H,2-4,7,10-13,17H2,1H3. The molecule has 1 aliphatic carbocycles. The molecular formula is C16H26N2. The molecule has 0 atom stereocenters. The van der Waals surface area contributed by atoms with Crippen LogP contribution in [0, 0.1) is 0 Å². The smallest absolute Gasteiger partial charge is 0.0359 e. The van der Waals surface area contributed by atoms with Crippen LogP contribution < -0.4 is 5.73 Å². The highest BCUT2D eigenvalue weighted by Gasteiger charge is 2.28. The third-order valence-electron chi connectivity index (χ3n) is 3.79. The van der Waals surface area contributed by atoms with E-state index in [1.165, 1.54) is 50.6 Å². The molecule has 1 aromatic rings. The molecule has 2 nitrogen and oxygen atoms in total. The lowest BCUT2D eigenvalue weighted by atomic mass is 10.1. The van der Waals surface area contributed by atoms with Crippen LogP contribution in [0.2, 0.25) is 0 Å². The van der Waals surface area contributed by atoms with E-state index >= 15 is 0 Å². The number of nitrogens with zero attached hydrogens (tertiary/aromatic N) is 1. The van der Waals surface area contributed by atoms with Crippen LogP contribution in [0.25, 0.3) is 0 Å². The molecule has 1 aromatic carbocycles. The fraction of sp³-hybridized carbons (Fsp3) is 0.625. The monoisotopic (exact) mass is 246 g/mol. The molecule has 0 aromatic heterocycles. The van der Waals surface area contributed by atoms with Crippen molar-refractivity contribution in [3.63, 3.8) is 0 Å². The van der Waals surface area contributed by atoms with E-state index in [2.05, 4.69) is 24.0 Å². The summed E-state index contributed by atoms with van der Waals surface area (Å²) >= 11 is 0. The van der Waals surface area contributed by atoms with Crippen LogP contribution in [0.4, 0.5) is 5.69 Å². The van der Waals surface area contributed by atoms with Gasteiger partial charge in [0.1, 0.15) is 0 Å². The van der Waals surface area contributed by atoms with E-state index in [-0.39, 0.29) is 0 Å². The number of rotatable bonds is 8. The van der Waals surface area contributed by atoms with Crippen molar-refractivity contribution in [2.75, 3.05) is 12.3 Å². The Kier molecular flexibility index (Phi) is 5.06. The van der Waals surface area contributed by atoms with Crippen LogP contribution in [-0.2, 0) is 6.54 Å². The second kappa shape index (κ2) is 6.79. The summed E-state index contributed by atoms with van der Waals surface area (Å²) in [5, 5.41) is 0. The fourth-order valence-corrected chi connectivity index (χ4v) is 2.47. The average Bonchev–Trinajstić information content (AvgIpc) is 3.20. The molecule has 0 saturated heterocycles. The molecular weight excluding hydrogens is 220 g/mol. The lowest BCUT2D eigenvalue weighted by Gasteiger charge is -2.22. The quantitative estimate of drug-likeness (QED) is 0.558. The summed E-state index contributed by atoms with van der Waals surface area (Å²) < 4.78 is 0. The lowest BCUT2D eigenvalue weighted by Crippen LogP contribution is -2.27. The molecule has 2 rings (SSSR count). The van der Waals surface area contributed by atoms with E-state index in [0.717, 1.165) is 18.3 Å². The summed E-state index contributed by atoms with van der Waals surface area (Å²) in [5.74, 6) is 0. The van der Waals surface area contributed by atoms with Gasteiger partial charge in [-0.05, 0) is 37.4 Å². The molecule has 0 unspecified atom stereocenters. The number of unbranched alkanes of at least 4 members (excludes halogenated alkanes) is 3. The third kappa shape index (κ3) is 4.02. The Labute approximate surface area is 111 Å². The number of para-hydroxylation sites is 1. The van der Waals surface area contributed by atoms with E-state index in [4.69, 9.17) is 5.73 Å². The highest BCUT2D eigenvalue weighted by atomic mass is 15.2. The topological polar surface area (TPSA) is 29.3 Å². The van der Waals surface area contributed by atoms with Crippen LogP contribution in [0.5, 0.6) is 0 Å². The van der Waals surface area contributed by atoms with Crippen molar-refractivity contribution in [1.82, 2.24) is 4.90 Å². The maximum atomic E-state index is 6.04. The molecule has 18 heavy (non-hydrogen) atoms. The fourth-order valence-electron chi connectivity index (χ4n) is 2.47. The molecule has 0 heterocycles. The average molecular weight is 246 g/mol. The zero-order chi connectivity index (χ0) is 12.8. The van der Waals surface area contributed by atoms with Crippen molar-refractivity contribution in [1.29, 1.82) is 0 Å². The molecule has 1 saturated carbocycles. The van der Waals surface area contributed by atoms with Crippen molar-refractivity contribution < 1.29 is 0 Å². The van der Waals surface area contributed by atoms with Gasteiger partial charge in [0.15, 0.2) is 0 Å². The van der Waals surface area contributed by atoms with Crippen LogP contribution >= 0.6 is 0 Å². The minimum atomic E-state index is 0.825. The maximum absolute atomic E-state index is 6.04. The van der Waals surface area contributed by atoms with E-state index in [1.807, 2.05) is 12.1 Å². The Bertz CT molecular complexity index is 358. The molecule has 0 spiro atoms. The largest absolute Gasteiger partial charge is 0.398 e. The first-order valence-corrected chi connectivity index (χ1v) is 7.38. The zero-order valence-electron chi connectivity index (χ0n) is 11.6. The van der Waals surface area contributed by atoms with Crippen LogP contribution in [0.15, 0.2) is 24.3 Å². The van der Waals surface area contributed by atoms with Crippen LogP contribution in [-0.4, -0.2) is 17.5 Å². The number of hydrogen-bond donors (Lipinski definition) is 1. The normalized spacial score (nSPS) is 15.2. The molecule has 0 amide bonds. The van der Waals surface area contributed by atoms with Gasteiger partial charge in [0.05, 0.1) is 0 Å². The minimum absolute atomic E-state index is 0.825. The van der Waals surface area contributed by atoms with Gasteiger partial charge in [-0.25, -0.2) is 0 Å². The summed E-state index contributed by atoms with van der Waals surface area (Å²) in [4.78, 5) is 2.63. The third-order valence-corrected chi connectivity index (χ3v) is 3.79. The Morgan fingerprint density at radius 2 is 1.94 bits per heavy atom. The summed E-state index contributed by atoms with van der Waals surface area (Å²) in [6.45, 7) is 4.53. The van der Waals surface area contributed by atoms with Gasteiger partial charge in [-0.15, -0.1) is 0 Å². The van der Waals surface area contributed by atoms with Gasteiger partial charge in [0.2, 0.25) is 0 Å². The predicted molar refractivity (Wildman–Crippen MR) is 78.4 cm³/mol. The van der Waals surface area contributed by atoms with Crippen molar-refractivity contribution in [3.8, 4) is 0 Å². The van der Waals surface area contributed by atoms with E-state index in [1.54, 1.807) is 0 Å². The van der Waals surface area contributed by atoms with Crippen molar-refractivity contribution >= 4 is 5.69 Å². The van der Waals surface area contributed by atoms with E-state index in [9.17, 15) is 0 Å². The first-order valence-electron chi connectivity index (χ1n) is 7.38. The molecule has 100 valence electrons. The van der Waals surface area contributed by atoms with Gasteiger partial charge >= 0.3 is 0 Å². The molecule has 2 N–H and O–H groups in total. The van der Waals surface area contributed by atoms with E-state index in [0.29, 0.717) is 0 Å². The van der Waals surface area contributed by atoms with Crippen molar-refractivity contribution in [2.24, 2.45) is 0 Å². The minimum Gasteiger partial charge on any atom is -0.398 e. The zero-order valence-corrected chi connectivity index (χ0v) is 11.6. The second-order valence-corrected chi connectivity index (χ2v) is 5.46. The highest BCUT2D eigenvalue weighted by molar-refractivity contribution is 5.46. The second-order valence-electron chi connectivity index (χ2n) is 5.46. The Hall–Kier alpha value is -1.02. The van der Waals surface area contributed by atoms with Gasteiger partial charge in [-0.1, -0.05) is 44.4 Å². The van der Waals surface area contributed by atoms with Crippen molar-refractivity contribution in [3.05, 3.63) is 29.8 Å². The SMILES string of the molecule is CCCCCCN(Cc1ccccc1N)C1CC1. The maximum Gasteiger partial charge on any atom is 0.0359 e. The summed E-state index contributed by atoms with van der Waals surface area (Å²) in [6.07, 6.45) is 8.13. The van der Waals surface area contributed by atoms with Crippen molar-refractivity contribution in [2.45, 2.75) is 58.0 Å². The van der Waals surface area contributed by atoms with Gasteiger partial charge in [-0.3, -0.25) is 4.90 Å². The number of nitrogens with two attached hydrogens (primary N) is 1. The van der Waals surface area contributed by atoms with Gasteiger partial charge < -0.3 is 5.73 Å². The molecule has 1 aliphatic rings.